The molecule has 0 spiro atoms. The minimum atomic E-state index is 0. The second-order valence-corrected chi connectivity index (χ2v) is 5.47. The number of aromatic nitrogens is 2. The summed E-state index contributed by atoms with van der Waals surface area (Å²) in [5.41, 5.74) is 6.22. The van der Waals surface area contributed by atoms with Crippen LogP contribution in [0.25, 0.3) is 17.1 Å². The predicted molar refractivity (Wildman–Crippen MR) is 88.9 cm³/mol. The van der Waals surface area contributed by atoms with Gasteiger partial charge in [-0.25, -0.2) is 0 Å². The van der Waals surface area contributed by atoms with Crippen LogP contribution in [0, 0.1) is 38.2 Å². The van der Waals surface area contributed by atoms with Crippen molar-refractivity contribution >= 4 is 0 Å². The summed E-state index contributed by atoms with van der Waals surface area (Å²) in [5, 5.41) is 9.07. The van der Waals surface area contributed by atoms with Crippen LogP contribution in [-0.2, 0) is 20.1 Å². The molecule has 0 unspecified atom stereocenters. The zero-order valence-electron chi connectivity index (χ0n) is 13.2. The average molecular weight is 482 g/mol. The van der Waals surface area contributed by atoms with Crippen molar-refractivity contribution in [2.45, 2.75) is 20.8 Å². The van der Waals surface area contributed by atoms with Crippen molar-refractivity contribution < 1.29 is 21.5 Å². The van der Waals surface area contributed by atoms with Gasteiger partial charge in [-0.15, -0.1) is 29.8 Å². The molecule has 1 radical (unpaired) electrons. The standard InChI is InChI=1S/C19H16N3.Ir.H2/c1-13-9-14(2)18(15(3)10-13)22-8-7-21-19(22)17-6-4-5-16(11-17)12-20;;/h4-5,7-11H,1-3H3;;1H/q-1;;/i;;1+1. The molecule has 119 valence electrons. The normalized spacial score (nSPS) is 10.0. The quantitative estimate of drug-likeness (QED) is 0.510. The number of hydrogen-bond donors (Lipinski definition) is 0. The number of nitriles is 1. The van der Waals surface area contributed by atoms with Gasteiger partial charge in [0.25, 0.3) is 0 Å². The molecule has 0 saturated carbocycles. The molecule has 4 heteroatoms. The van der Waals surface area contributed by atoms with Crippen LogP contribution in [0.1, 0.15) is 23.7 Å². The zero-order valence-corrected chi connectivity index (χ0v) is 15.6. The van der Waals surface area contributed by atoms with E-state index in [0.717, 1.165) is 17.1 Å². The molecule has 0 fully saturated rings. The number of rotatable bonds is 2. The third-order valence-corrected chi connectivity index (χ3v) is 3.69. The van der Waals surface area contributed by atoms with Crippen molar-refractivity contribution in [3.8, 4) is 23.1 Å². The summed E-state index contributed by atoms with van der Waals surface area (Å²) in [6.45, 7) is 6.31. The minimum Gasteiger partial charge on any atom is -0.340 e. The van der Waals surface area contributed by atoms with Crippen LogP contribution < -0.4 is 0 Å². The second-order valence-electron chi connectivity index (χ2n) is 5.47. The fourth-order valence-corrected chi connectivity index (χ4v) is 2.90. The van der Waals surface area contributed by atoms with E-state index in [0.29, 0.717) is 5.56 Å². The Bertz CT molecular complexity index is 871. The number of hydrogen-bond acceptors (Lipinski definition) is 2. The van der Waals surface area contributed by atoms with Gasteiger partial charge in [-0.1, -0.05) is 17.7 Å². The molecule has 1 heterocycles. The van der Waals surface area contributed by atoms with Crippen LogP contribution in [0.5, 0.6) is 0 Å². The Morgan fingerprint density at radius 1 is 1.17 bits per heavy atom. The van der Waals surface area contributed by atoms with Crippen LogP contribution in [-0.4, -0.2) is 9.55 Å². The smallest absolute Gasteiger partial charge is 0.0789 e. The van der Waals surface area contributed by atoms with Gasteiger partial charge in [0.05, 0.1) is 11.9 Å². The zero-order chi connectivity index (χ0) is 15.7. The first-order chi connectivity index (χ1) is 10.6. The van der Waals surface area contributed by atoms with Crippen molar-refractivity contribution in [2.24, 2.45) is 0 Å². The predicted octanol–water partition coefficient (Wildman–Crippen LogP) is 4.38. The Kier molecular flexibility index (Phi) is 5.15. The molecule has 0 aliphatic heterocycles. The third-order valence-electron chi connectivity index (χ3n) is 3.69. The van der Waals surface area contributed by atoms with Crippen molar-refractivity contribution in [3.63, 3.8) is 0 Å². The van der Waals surface area contributed by atoms with Crippen LogP contribution in [0.3, 0.4) is 0 Å². The molecule has 2 aromatic carbocycles. The molecule has 0 N–H and O–H groups in total. The van der Waals surface area contributed by atoms with Gasteiger partial charge in [0, 0.05) is 39.6 Å². The first-order valence-electron chi connectivity index (χ1n) is 7.14. The summed E-state index contributed by atoms with van der Waals surface area (Å²) in [5.74, 6) is 0.798. The fourth-order valence-electron chi connectivity index (χ4n) is 2.90. The van der Waals surface area contributed by atoms with Crippen molar-refractivity contribution in [1.29, 1.82) is 5.26 Å². The van der Waals surface area contributed by atoms with Crippen LogP contribution in [0.4, 0.5) is 0 Å². The van der Waals surface area contributed by atoms with Gasteiger partial charge in [0.2, 0.25) is 0 Å². The van der Waals surface area contributed by atoms with E-state index >= 15 is 0 Å². The molecule has 0 aliphatic carbocycles. The molecular weight excluding hydrogens is 462 g/mol. The first-order valence-corrected chi connectivity index (χ1v) is 7.14. The van der Waals surface area contributed by atoms with Crippen LogP contribution in [0.15, 0.2) is 42.7 Å². The Morgan fingerprint density at radius 2 is 1.87 bits per heavy atom. The number of benzene rings is 2. The monoisotopic (exact) mass is 482 g/mol. The van der Waals surface area contributed by atoms with Gasteiger partial charge in [-0.3, -0.25) is 4.98 Å². The SMILES string of the molecule is Cc1cc(C)c(-n2ccnc2-c2[c-]ccc(C#N)c2)c(C)c1.[2HH].[Ir]. The van der Waals surface area contributed by atoms with Crippen molar-refractivity contribution in [2.75, 3.05) is 0 Å². The van der Waals surface area contributed by atoms with E-state index in [9.17, 15) is 0 Å². The van der Waals surface area contributed by atoms with Crippen LogP contribution >= 0.6 is 0 Å². The molecule has 0 aliphatic rings. The Labute approximate surface area is 151 Å². The van der Waals surface area contributed by atoms with Gasteiger partial charge in [-0.05, 0) is 37.5 Å². The molecule has 0 bridgehead atoms. The van der Waals surface area contributed by atoms with Gasteiger partial charge in [-0.2, -0.15) is 5.26 Å². The van der Waals surface area contributed by atoms with E-state index in [1.54, 1.807) is 18.3 Å². The van der Waals surface area contributed by atoms with Crippen LogP contribution in [0.2, 0.25) is 0 Å². The third kappa shape index (κ3) is 3.27. The summed E-state index contributed by atoms with van der Waals surface area (Å²) in [4.78, 5) is 4.47. The Hall–Kier alpha value is -2.21. The summed E-state index contributed by atoms with van der Waals surface area (Å²) in [7, 11) is 0. The molecule has 0 saturated heterocycles. The molecule has 3 nitrogen and oxygen atoms in total. The maximum atomic E-state index is 9.07. The van der Waals surface area contributed by atoms with E-state index in [1.165, 1.54) is 16.7 Å². The Balaban J connectivity index is 0.00000144. The molecule has 0 amide bonds. The summed E-state index contributed by atoms with van der Waals surface area (Å²) >= 11 is 0. The molecule has 23 heavy (non-hydrogen) atoms. The molecule has 0 atom stereocenters. The summed E-state index contributed by atoms with van der Waals surface area (Å²) in [6.07, 6.45) is 3.73. The van der Waals surface area contributed by atoms with E-state index in [4.69, 9.17) is 5.26 Å². The number of aryl methyl sites for hydroxylation is 3. The van der Waals surface area contributed by atoms with Gasteiger partial charge in [0.15, 0.2) is 0 Å². The largest absolute Gasteiger partial charge is 0.340 e. The van der Waals surface area contributed by atoms with Gasteiger partial charge < -0.3 is 4.57 Å². The summed E-state index contributed by atoms with van der Waals surface area (Å²) < 4.78 is 2.07. The van der Waals surface area contributed by atoms with E-state index in [2.05, 4.69) is 54.6 Å². The fraction of sp³-hybridized carbons (Fsp3) is 0.158. The minimum absolute atomic E-state index is 0. The first kappa shape index (κ1) is 17.1. The van der Waals surface area contributed by atoms with E-state index < -0.39 is 0 Å². The molecular formula is C19H18IrN3-. The molecule has 3 aromatic rings. The molecule has 3 rings (SSSR count). The second kappa shape index (κ2) is 6.91. The average Bonchev–Trinajstić information content (AvgIpc) is 2.95. The van der Waals surface area contributed by atoms with Gasteiger partial charge >= 0.3 is 0 Å². The van der Waals surface area contributed by atoms with Gasteiger partial charge in [0.1, 0.15) is 0 Å². The Morgan fingerprint density at radius 3 is 2.52 bits per heavy atom. The maximum Gasteiger partial charge on any atom is 0.0789 e. The maximum absolute atomic E-state index is 9.07. The van der Waals surface area contributed by atoms with Crippen molar-refractivity contribution in [1.82, 2.24) is 9.55 Å². The topological polar surface area (TPSA) is 41.6 Å². The number of nitrogens with zero attached hydrogens (tertiary/aromatic N) is 3. The van der Waals surface area contributed by atoms with E-state index in [1.807, 2.05) is 12.3 Å². The van der Waals surface area contributed by atoms with Crippen molar-refractivity contribution in [3.05, 3.63) is 71.0 Å². The summed E-state index contributed by atoms with van der Waals surface area (Å²) in [6, 6.07) is 15.0. The van der Waals surface area contributed by atoms with E-state index in [-0.39, 0.29) is 21.5 Å². The molecule has 1 aromatic heterocycles. The number of imidazole rings is 1.